The van der Waals surface area contributed by atoms with Crippen LogP contribution in [0.2, 0.25) is 0 Å². The van der Waals surface area contributed by atoms with Gasteiger partial charge in [0.1, 0.15) is 11.5 Å². The number of nitro benzene ring substituents is 1. The molecule has 0 aromatic heterocycles. The van der Waals surface area contributed by atoms with Crippen molar-refractivity contribution in [3.05, 3.63) is 34.1 Å². The maximum Gasteiger partial charge on any atom is 0.295 e. The van der Waals surface area contributed by atoms with Gasteiger partial charge >= 0.3 is 0 Å². The molecule has 0 fully saturated rings. The molecule has 0 amide bonds. The van der Waals surface area contributed by atoms with Gasteiger partial charge in [-0.15, -0.1) is 0 Å². The van der Waals surface area contributed by atoms with E-state index in [4.69, 9.17) is 0 Å². The fraction of sp³-hybridized carbons (Fsp3) is 0.455. The predicted octanol–water partition coefficient (Wildman–Crippen LogP) is 1.47. The molecular formula is C11H16FN3O4S. The molecule has 0 bridgehead atoms. The van der Waals surface area contributed by atoms with Crippen LogP contribution in [0.25, 0.3) is 0 Å². The minimum Gasteiger partial charge on any atom is -0.378 e. The predicted molar refractivity (Wildman–Crippen MR) is 73.6 cm³/mol. The van der Waals surface area contributed by atoms with E-state index < -0.39 is 26.5 Å². The Morgan fingerprint density at radius 2 is 2.05 bits per heavy atom. The topological polar surface area (TPSA) is 101 Å². The van der Waals surface area contributed by atoms with Gasteiger partial charge in [0.05, 0.1) is 16.7 Å². The first-order valence-electron chi connectivity index (χ1n) is 5.89. The Kier molecular flexibility index (Phi) is 5.40. The van der Waals surface area contributed by atoms with Crippen LogP contribution in [0.15, 0.2) is 18.2 Å². The molecule has 0 aliphatic heterocycles. The molecule has 0 spiro atoms. The summed E-state index contributed by atoms with van der Waals surface area (Å²) in [5.74, 6) is -0.962. The molecule has 0 aliphatic carbocycles. The van der Waals surface area contributed by atoms with Crippen molar-refractivity contribution in [3.63, 3.8) is 0 Å². The van der Waals surface area contributed by atoms with Crippen LogP contribution in [-0.2, 0) is 10.0 Å². The van der Waals surface area contributed by atoms with Gasteiger partial charge in [0.25, 0.3) is 5.69 Å². The maximum absolute atomic E-state index is 12.9. The number of sulfonamides is 1. The van der Waals surface area contributed by atoms with Crippen LogP contribution in [0.5, 0.6) is 0 Å². The maximum atomic E-state index is 12.9. The number of hydrogen-bond donors (Lipinski definition) is 2. The second-order valence-electron chi connectivity index (χ2n) is 4.44. The average Bonchev–Trinajstić information content (AvgIpc) is 2.28. The monoisotopic (exact) mass is 305 g/mol. The third-order valence-electron chi connectivity index (χ3n) is 2.26. The lowest BCUT2D eigenvalue weighted by Crippen LogP contribution is -2.34. The van der Waals surface area contributed by atoms with E-state index in [2.05, 4.69) is 10.0 Å². The highest BCUT2D eigenvalue weighted by atomic mass is 32.2. The van der Waals surface area contributed by atoms with Crippen molar-refractivity contribution in [2.24, 2.45) is 0 Å². The summed E-state index contributed by atoms with van der Waals surface area (Å²) in [7, 11) is -3.45. The SMILES string of the molecule is CC(C)NS(=O)(=O)CCNc1ccc(F)cc1[N+](=O)[O-]. The molecule has 2 N–H and O–H groups in total. The number of nitrogens with one attached hydrogen (secondary N) is 2. The Balaban J connectivity index is 2.69. The zero-order valence-electron chi connectivity index (χ0n) is 11.1. The molecule has 112 valence electrons. The van der Waals surface area contributed by atoms with Gasteiger partial charge in [-0.05, 0) is 26.0 Å². The molecule has 9 heteroatoms. The molecule has 0 aliphatic rings. The third-order valence-corrected chi connectivity index (χ3v) is 3.83. The van der Waals surface area contributed by atoms with Gasteiger partial charge in [0.15, 0.2) is 0 Å². The molecule has 20 heavy (non-hydrogen) atoms. The summed E-state index contributed by atoms with van der Waals surface area (Å²) in [6, 6.07) is 2.83. The zero-order valence-corrected chi connectivity index (χ0v) is 11.9. The van der Waals surface area contributed by atoms with Crippen molar-refractivity contribution >= 4 is 21.4 Å². The summed E-state index contributed by atoms with van der Waals surface area (Å²) in [5.41, 5.74) is -0.352. The van der Waals surface area contributed by atoms with E-state index in [0.717, 1.165) is 12.1 Å². The van der Waals surface area contributed by atoms with Crippen LogP contribution >= 0.6 is 0 Å². The van der Waals surface area contributed by atoms with Gasteiger partial charge < -0.3 is 5.32 Å². The van der Waals surface area contributed by atoms with Crippen LogP contribution in [0.3, 0.4) is 0 Å². The van der Waals surface area contributed by atoms with E-state index in [1.165, 1.54) is 6.07 Å². The minimum atomic E-state index is -3.45. The molecule has 0 heterocycles. The Labute approximate surface area is 116 Å². The number of nitrogens with zero attached hydrogens (tertiary/aromatic N) is 1. The number of hydrogen-bond acceptors (Lipinski definition) is 5. The van der Waals surface area contributed by atoms with E-state index in [0.29, 0.717) is 0 Å². The Morgan fingerprint density at radius 3 is 2.60 bits per heavy atom. The number of nitro groups is 1. The van der Waals surface area contributed by atoms with Gasteiger partial charge in [0, 0.05) is 12.6 Å². The quantitative estimate of drug-likeness (QED) is 0.587. The third kappa shape index (κ3) is 5.10. The van der Waals surface area contributed by atoms with E-state index in [9.17, 15) is 22.9 Å². The standard InChI is InChI=1S/C11H16FN3O4S/c1-8(2)14-20(18,19)6-5-13-10-4-3-9(12)7-11(10)15(16)17/h3-4,7-8,13-14H,5-6H2,1-2H3. The van der Waals surface area contributed by atoms with Crippen LogP contribution < -0.4 is 10.0 Å². The second kappa shape index (κ2) is 6.62. The van der Waals surface area contributed by atoms with E-state index in [1.54, 1.807) is 13.8 Å². The first-order valence-corrected chi connectivity index (χ1v) is 7.54. The molecule has 0 radical (unpaired) electrons. The van der Waals surface area contributed by atoms with Crippen molar-refractivity contribution in [1.29, 1.82) is 0 Å². The molecule has 0 saturated carbocycles. The summed E-state index contributed by atoms with van der Waals surface area (Å²) in [6.07, 6.45) is 0. The van der Waals surface area contributed by atoms with Gasteiger partial charge in [-0.25, -0.2) is 17.5 Å². The molecule has 0 unspecified atom stereocenters. The molecule has 1 aromatic rings. The highest BCUT2D eigenvalue weighted by molar-refractivity contribution is 7.89. The van der Waals surface area contributed by atoms with E-state index in [1.807, 2.05) is 0 Å². The minimum absolute atomic E-state index is 0.0193. The van der Waals surface area contributed by atoms with Crippen LogP contribution in [-0.4, -0.2) is 31.7 Å². The number of halogens is 1. The van der Waals surface area contributed by atoms with Crippen molar-refractivity contribution < 1.29 is 17.7 Å². The van der Waals surface area contributed by atoms with Gasteiger partial charge in [-0.1, -0.05) is 0 Å². The lowest BCUT2D eigenvalue weighted by Gasteiger charge is -2.10. The zero-order chi connectivity index (χ0) is 15.3. The van der Waals surface area contributed by atoms with Crippen molar-refractivity contribution in [2.75, 3.05) is 17.6 Å². The van der Waals surface area contributed by atoms with Crippen LogP contribution in [0.4, 0.5) is 15.8 Å². The van der Waals surface area contributed by atoms with Crippen LogP contribution in [0, 0.1) is 15.9 Å². The first kappa shape index (κ1) is 16.3. The molecule has 1 aromatic carbocycles. The van der Waals surface area contributed by atoms with Gasteiger partial charge in [-0.3, -0.25) is 10.1 Å². The second-order valence-corrected chi connectivity index (χ2v) is 6.31. The van der Waals surface area contributed by atoms with Crippen molar-refractivity contribution in [3.8, 4) is 0 Å². The van der Waals surface area contributed by atoms with E-state index >= 15 is 0 Å². The average molecular weight is 305 g/mol. The Hall–Kier alpha value is -1.74. The lowest BCUT2D eigenvalue weighted by molar-refractivity contribution is -0.384. The molecular weight excluding hydrogens is 289 g/mol. The molecule has 0 atom stereocenters. The van der Waals surface area contributed by atoms with Gasteiger partial charge in [0.2, 0.25) is 10.0 Å². The molecule has 7 nitrogen and oxygen atoms in total. The fourth-order valence-corrected chi connectivity index (χ4v) is 2.75. The van der Waals surface area contributed by atoms with Crippen molar-refractivity contribution in [2.45, 2.75) is 19.9 Å². The number of rotatable bonds is 7. The smallest absolute Gasteiger partial charge is 0.295 e. The number of benzene rings is 1. The highest BCUT2D eigenvalue weighted by Gasteiger charge is 2.16. The van der Waals surface area contributed by atoms with Crippen LogP contribution in [0.1, 0.15) is 13.8 Å². The summed E-state index contributed by atoms with van der Waals surface area (Å²) in [5, 5.41) is 13.4. The largest absolute Gasteiger partial charge is 0.378 e. The number of anilines is 1. The normalized spacial score (nSPS) is 11.6. The summed E-state index contributed by atoms with van der Waals surface area (Å²) >= 11 is 0. The fourth-order valence-electron chi connectivity index (χ4n) is 1.54. The Bertz CT molecular complexity index is 589. The summed E-state index contributed by atoms with van der Waals surface area (Å²) in [4.78, 5) is 10.0. The van der Waals surface area contributed by atoms with Gasteiger partial charge in [-0.2, -0.15) is 0 Å². The first-order chi connectivity index (χ1) is 9.21. The highest BCUT2D eigenvalue weighted by Crippen LogP contribution is 2.24. The summed E-state index contributed by atoms with van der Waals surface area (Å²) in [6.45, 7) is 3.36. The van der Waals surface area contributed by atoms with Crippen molar-refractivity contribution in [1.82, 2.24) is 4.72 Å². The Morgan fingerprint density at radius 1 is 1.40 bits per heavy atom. The van der Waals surface area contributed by atoms with E-state index in [-0.39, 0.29) is 24.0 Å². The summed E-state index contributed by atoms with van der Waals surface area (Å²) < 4.78 is 38.4. The lowest BCUT2D eigenvalue weighted by atomic mass is 10.2. The molecule has 0 saturated heterocycles. The molecule has 1 rings (SSSR count).